The van der Waals surface area contributed by atoms with Gasteiger partial charge in [-0.05, 0) is 42.7 Å². The summed E-state index contributed by atoms with van der Waals surface area (Å²) < 4.78 is 5.80. The van der Waals surface area contributed by atoms with E-state index in [-0.39, 0.29) is 10.6 Å². The van der Waals surface area contributed by atoms with Gasteiger partial charge in [-0.25, -0.2) is 4.79 Å². The van der Waals surface area contributed by atoms with E-state index in [0.717, 1.165) is 11.5 Å². The summed E-state index contributed by atoms with van der Waals surface area (Å²) in [6.45, 7) is 2.73. The number of carboxylic acids is 1. The molecule has 1 fully saturated rings. The van der Waals surface area contributed by atoms with Crippen LogP contribution in [0.5, 0.6) is 0 Å². The molecular formula is C16H16ClNO3. The number of furan rings is 1. The number of aromatic carboxylic acids is 1. The van der Waals surface area contributed by atoms with Crippen molar-refractivity contribution < 1.29 is 14.3 Å². The van der Waals surface area contributed by atoms with Crippen LogP contribution in [-0.2, 0) is 6.54 Å². The van der Waals surface area contributed by atoms with Crippen molar-refractivity contribution in [3.05, 3.63) is 52.4 Å². The molecule has 1 saturated carbocycles. The van der Waals surface area contributed by atoms with Gasteiger partial charge in [0, 0.05) is 11.6 Å². The summed E-state index contributed by atoms with van der Waals surface area (Å²) in [5.41, 5.74) is 0.795. The van der Waals surface area contributed by atoms with E-state index in [1.807, 2.05) is 12.1 Å². The molecule has 0 radical (unpaired) electrons. The Hall–Kier alpha value is -1.94. The molecule has 2 atom stereocenters. The number of hydrogen-bond donors (Lipinski definition) is 2. The molecule has 2 unspecified atom stereocenters. The highest BCUT2D eigenvalue weighted by Gasteiger charge is 2.36. The van der Waals surface area contributed by atoms with Crippen molar-refractivity contribution in [1.29, 1.82) is 0 Å². The molecule has 1 heterocycles. The molecule has 0 bridgehead atoms. The van der Waals surface area contributed by atoms with Gasteiger partial charge < -0.3 is 14.8 Å². The number of carboxylic acid groups (broad SMARTS) is 1. The molecule has 1 aliphatic rings. The molecule has 2 N–H and O–H groups in total. The lowest BCUT2D eigenvalue weighted by atomic mass is 10.2. The van der Waals surface area contributed by atoms with Gasteiger partial charge in [0.25, 0.3) is 0 Å². The Morgan fingerprint density at radius 1 is 1.43 bits per heavy atom. The van der Waals surface area contributed by atoms with Crippen molar-refractivity contribution in [3.63, 3.8) is 0 Å². The highest BCUT2D eigenvalue weighted by Crippen LogP contribution is 2.47. The number of anilines is 1. The molecule has 110 valence electrons. The van der Waals surface area contributed by atoms with Crippen molar-refractivity contribution in [2.45, 2.75) is 25.8 Å². The van der Waals surface area contributed by atoms with E-state index in [0.29, 0.717) is 24.1 Å². The van der Waals surface area contributed by atoms with Crippen LogP contribution in [0.2, 0.25) is 5.02 Å². The van der Waals surface area contributed by atoms with Crippen molar-refractivity contribution in [2.75, 3.05) is 5.32 Å². The molecular weight excluding hydrogens is 290 g/mol. The van der Waals surface area contributed by atoms with E-state index in [1.54, 1.807) is 12.1 Å². The van der Waals surface area contributed by atoms with Crippen molar-refractivity contribution in [3.8, 4) is 0 Å². The van der Waals surface area contributed by atoms with Crippen LogP contribution in [0.3, 0.4) is 0 Å². The van der Waals surface area contributed by atoms with Crippen LogP contribution in [0.4, 0.5) is 5.69 Å². The van der Waals surface area contributed by atoms with E-state index in [9.17, 15) is 4.79 Å². The largest absolute Gasteiger partial charge is 0.478 e. The van der Waals surface area contributed by atoms with Crippen LogP contribution < -0.4 is 5.32 Å². The minimum absolute atomic E-state index is 0.0913. The first-order valence-electron chi connectivity index (χ1n) is 6.90. The van der Waals surface area contributed by atoms with Gasteiger partial charge in [0.1, 0.15) is 11.5 Å². The fourth-order valence-electron chi connectivity index (χ4n) is 2.40. The Morgan fingerprint density at radius 3 is 2.86 bits per heavy atom. The predicted molar refractivity (Wildman–Crippen MR) is 81.0 cm³/mol. The fraction of sp³-hybridized carbons (Fsp3) is 0.312. The van der Waals surface area contributed by atoms with E-state index < -0.39 is 5.97 Å². The standard InChI is InChI=1S/C16H16ClNO3/c1-9-6-12(9)15-5-3-11(21-15)8-18-10-2-4-14(17)13(7-10)16(19)20/h2-5,7,9,12,18H,6,8H2,1H3,(H,19,20). The van der Waals surface area contributed by atoms with E-state index >= 15 is 0 Å². The van der Waals surface area contributed by atoms with Gasteiger partial charge >= 0.3 is 5.97 Å². The minimum Gasteiger partial charge on any atom is -0.478 e. The molecule has 5 heteroatoms. The zero-order chi connectivity index (χ0) is 15.0. The van der Waals surface area contributed by atoms with E-state index in [1.165, 1.54) is 12.5 Å². The molecule has 0 saturated heterocycles. The van der Waals surface area contributed by atoms with Crippen LogP contribution in [0.1, 0.15) is 41.1 Å². The van der Waals surface area contributed by atoms with Gasteiger partial charge in [-0.2, -0.15) is 0 Å². The first kappa shape index (κ1) is 14.0. The zero-order valence-electron chi connectivity index (χ0n) is 11.6. The Balaban J connectivity index is 1.66. The average Bonchev–Trinajstić information content (AvgIpc) is 3.00. The van der Waals surface area contributed by atoms with Crippen LogP contribution in [0.25, 0.3) is 0 Å². The number of hydrogen-bond acceptors (Lipinski definition) is 3. The Kier molecular flexibility index (Phi) is 3.64. The monoisotopic (exact) mass is 305 g/mol. The minimum atomic E-state index is -1.04. The van der Waals surface area contributed by atoms with Crippen molar-refractivity contribution in [1.82, 2.24) is 0 Å². The van der Waals surface area contributed by atoms with Crippen molar-refractivity contribution >= 4 is 23.3 Å². The highest BCUT2D eigenvalue weighted by molar-refractivity contribution is 6.33. The third kappa shape index (κ3) is 3.05. The van der Waals surface area contributed by atoms with Gasteiger partial charge in [-0.1, -0.05) is 18.5 Å². The molecule has 0 spiro atoms. The van der Waals surface area contributed by atoms with Gasteiger partial charge in [-0.15, -0.1) is 0 Å². The van der Waals surface area contributed by atoms with Gasteiger partial charge in [0.2, 0.25) is 0 Å². The zero-order valence-corrected chi connectivity index (χ0v) is 12.4. The van der Waals surface area contributed by atoms with Crippen LogP contribution in [0, 0.1) is 5.92 Å². The molecule has 21 heavy (non-hydrogen) atoms. The SMILES string of the molecule is CC1CC1c1ccc(CNc2ccc(Cl)c(C(=O)O)c2)o1. The summed E-state index contributed by atoms with van der Waals surface area (Å²) in [6.07, 6.45) is 1.19. The first-order chi connectivity index (χ1) is 10.0. The molecule has 1 aliphatic carbocycles. The Morgan fingerprint density at radius 2 is 2.19 bits per heavy atom. The second kappa shape index (κ2) is 5.45. The first-order valence-corrected chi connectivity index (χ1v) is 7.27. The second-order valence-electron chi connectivity index (χ2n) is 5.48. The lowest BCUT2D eigenvalue weighted by Crippen LogP contribution is -2.02. The average molecular weight is 306 g/mol. The number of nitrogens with one attached hydrogen (secondary N) is 1. The molecule has 0 aliphatic heterocycles. The number of halogens is 1. The Labute approximate surface area is 127 Å². The topological polar surface area (TPSA) is 62.5 Å². The maximum absolute atomic E-state index is 11.0. The summed E-state index contributed by atoms with van der Waals surface area (Å²) in [6, 6.07) is 8.84. The molecule has 0 amide bonds. The summed E-state index contributed by atoms with van der Waals surface area (Å²) in [4.78, 5) is 11.0. The molecule has 2 aromatic rings. The van der Waals surface area contributed by atoms with Crippen LogP contribution >= 0.6 is 11.6 Å². The lowest BCUT2D eigenvalue weighted by molar-refractivity contribution is 0.0697. The molecule has 1 aromatic heterocycles. The Bertz CT molecular complexity index is 680. The van der Waals surface area contributed by atoms with E-state index in [2.05, 4.69) is 12.2 Å². The molecule has 1 aromatic carbocycles. The number of rotatable bonds is 5. The quantitative estimate of drug-likeness (QED) is 0.861. The summed E-state index contributed by atoms with van der Waals surface area (Å²) in [7, 11) is 0. The van der Waals surface area contributed by atoms with Gasteiger partial charge in [0.05, 0.1) is 17.1 Å². The van der Waals surface area contributed by atoms with Gasteiger partial charge in [-0.3, -0.25) is 0 Å². The smallest absolute Gasteiger partial charge is 0.337 e. The molecule has 3 rings (SSSR count). The maximum atomic E-state index is 11.0. The second-order valence-corrected chi connectivity index (χ2v) is 5.88. The van der Waals surface area contributed by atoms with E-state index in [4.69, 9.17) is 21.1 Å². The van der Waals surface area contributed by atoms with Crippen LogP contribution in [0.15, 0.2) is 34.7 Å². The fourth-order valence-corrected chi connectivity index (χ4v) is 2.59. The number of carbonyl (C=O) groups is 1. The van der Waals surface area contributed by atoms with Gasteiger partial charge in [0.15, 0.2) is 0 Å². The number of benzene rings is 1. The predicted octanol–water partition coefficient (Wildman–Crippen LogP) is 4.37. The maximum Gasteiger partial charge on any atom is 0.337 e. The highest BCUT2D eigenvalue weighted by atomic mass is 35.5. The normalized spacial score (nSPS) is 20.3. The summed E-state index contributed by atoms with van der Waals surface area (Å²) >= 11 is 5.84. The van der Waals surface area contributed by atoms with Crippen molar-refractivity contribution in [2.24, 2.45) is 5.92 Å². The summed E-state index contributed by atoms with van der Waals surface area (Å²) in [5, 5.41) is 12.4. The third-order valence-corrected chi connectivity index (χ3v) is 4.15. The van der Waals surface area contributed by atoms with Crippen LogP contribution in [-0.4, -0.2) is 11.1 Å². The summed E-state index contributed by atoms with van der Waals surface area (Å²) in [5.74, 6) is 2.13. The molecule has 4 nitrogen and oxygen atoms in total. The third-order valence-electron chi connectivity index (χ3n) is 3.82. The lowest BCUT2D eigenvalue weighted by Gasteiger charge is -2.06.